The van der Waals surface area contributed by atoms with Gasteiger partial charge in [0.1, 0.15) is 11.6 Å². The molecular formula is C18H24ClN5O2. The average molecular weight is 378 g/mol. The van der Waals surface area contributed by atoms with Gasteiger partial charge in [0.05, 0.1) is 10.6 Å². The molecule has 0 spiro atoms. The third kappa shape index (κ3) is 4.16. The number of halogens is 1. The molecular weight excluding hydrogens is 354 g/mol. The fourth-order valence-electron chi connectivity index (χ4n) is 3.34. The van der Waals surface area contributed by atoms with Gasteiger partial charge in [-0.2, -0.15) is 0 Å². The summed E-state index contributed by atoms with van der Waals surface area (Å²) in [7, 11) is 4.13. The van der Waals surface area contributed by atoms with Gasteiger partial charge in [-0.05, 0) is 33.0 Å². The Hall–Kier alpha value is -2.12. The average Bonchev–Trinajstić information content (AvgIpc) is 3.08. The minimum absolute atomic E-state index is 0.103. The van der Waals surface area contributed by atoms with Gasteiger partial charge < -0.3 is 19.5 Å². The maximum Gasteiger partial charge on any atom is 0.337 e. The van der Waals surface area contributed by atoms with E-state index in [1.807, 2.05) is 12.4 Å². The SMILES string of the molecule is CN(C)CCn1ccnc1[C@H]1CCCN(c2ncc(C(=O)O)cc2Cl)C1. The highest BCUT2D eigenvalue weighted by Crippen LogP contribution is 2.32. The molecule has 0 aliphatic carbocycles. The number of rotatable bonds is 6. The molecule has 1 aliphatic rings. The Kier molecular flexibility index (Phi) is 5.78. The molecule has 0 unspecified atom stereocenters. The fourth-order valence-corrected chi connectivity index (χ4v) is 3.62. The lowest BCUT2D eigenvalue weighted by atomic mass is 9.97. The molecule has 2 aromatic rings. The van der Waals surface area contributed by atoms with Gasteiger partial charge in [0.15, 0.2) is 0 Å². The van der Waals surface area contributed by atoms with Crippen molar-refractivity contribution in [1.82, 2.24) is 19.4 Å². The summed E-state index contributed by atoms with van der Waals surface area (Å²) >= 11 is 6.30. The number of aromatic nitrogens is 3. The number of aromatic carboxylic acids is 1. The molecule has 7 nitrogen and oxygen atoms in total. The van der Waals surface area contributed by atoms with E-state index in [0.29, 0.717) is 16.8 Å². The van der Waals surface area contributed by atoms with Crippen molar-refractivity contribution in [3.8, 4) is 0 Å². The topological polar surface area (TPSA) is 74.5 Å². The fraction of sp³-hybridized carbons (Fsp3) is 0.500. The first-order valence-corrected chi connectivity index (χ1v) is 9.13. The Bertz CT molecular complexity index is 777. The maximum atomic E-state index is 11.1. The van der Waals surface area contributed by atoms with Crippen LogP contribution in [0.25, 0.3) is 0 Å². The number of carboxylic acids is 1. The predicted molar refractivity (Wildman–Crippen MR) is 101 cm³/mol. The molecule has 0 bridgehead atoms. The van der Waals surface area contributed by atoms with Gasteiger partial charge in [-0.25, -0.2) is 14.8 Å². The number of piperidine rings is 1. The van der Waals surface area contributed by atoms with Crippen LogP contribution in [0.5, 0.6) is 0 Å². The van der Waals surface area contributed by atoms with E-state index in [4.69, 9.17) is 16.7 Å². The van der Waals surface area contributed by atoms with Crippen molar-refractivity contribution in [3.63, 3.8) is 0 Å². The first-order valence-electron chi connectivity index (χ1n) is 8.75. The third-order valence-electron chi connectivity index (χ3n) is 4.69. The third-order valence-corrected chi connectivity index (χ3v) is 4.97. The van der Waals surface area contributed by atoms with Crippen molar-refractivity contribution in [3.05, 3.63) is 41.1 Å². The normalized spacial score (nSPS) is 17.7. The van der Waals surface area contributed by atoms with Crippen LogP contribution in [-0.4, -0.2) is 64.2 Å². The van der Waals surface area contributed by atoms with E-state index in [0.717, 1.165) is 44.8 Å². The molecule has 1 saturated heterocycles. The number of anilines is 1. The van der Waals surface area contributed by atoms with Gasteiger partial charge in [-0.15, -0.1) is 0 Å². The van der Waals surface area contributed by atoms with Crippen molar-refractivity contribution >= 4 is 23.4 Å². The van der Waals surface area contributed by atoms with Crippen molar-refractivity contribution in [2.75, 3.05) is 38.6 Å². The smallest absolute Gasteiger partial charge is 0.337 e. The molecule has 1 atom stereocenters. The number of likely N-dealkylation sites (N-methyl/N-ethyl adjacent to an activating group) is 1. The molecule has 26 heavy (non-hydrogen) atoms. The Morgan fingerprint density at radius 2 is 2.23 bits per heavy atom. The minimum Gasteiger partial charge on any atom is -0.478 e. The number of pyridine rings is 1. The second-order valence-electron chi connectivity index (χ2n) is 6.90. The Morgan fingerprint density at radius 3 is 2.92 bits per heavy atom. The quantitative estimate of drug-likeness (QED) is 0.834. The molecule has 3 rings (SSSR count). The van der Waals surface area contributed by atoms with E-state index in [1.54, 1.807) is 0 Å². The molecule has 1 aliphatic heterocycles. The summed E-state index contributed by atoms with van der Waals surface area (Å²) in [6, 6.07) is 1.47. The summed E-state index contributed by atoms with van der Waals surface area (Å²) < 4.78 is 2.22. The standard InChI is InChI=1S/C18H24ClN5O2/c1-22(2)8-9-23-7-5-20-16(23)13-4-3-6-24(12-13)17-15(19)10-14(11-21-17)18(25)26/h5,7,10-11,13H,3-4,6,8-9,12H2,1-2H3,(H,25,26)/t13-/m0/s1. The molecule has 0 aromatic carbocycles. The van der Waals surface area contributed by atoms with Gasteiger partial charge >= 0.3 is 5.97 Å². The van der Waals surface area contributed by atoms with Crippen LogP contribution >= 0.6 is 11.6 Å². The molecule has 140 valence electrons. The van der Waals surface area contributed by atoms with Crippen LogP contribution < -0.4 is 4.90 Å². The largest absolute Gasteiger partial charge is 0.478 e. The number of hydrogen-bond acceptors (Lipinski definition) is 5. The van der Waals surface area contributed by atoms with Crippen LogP contribution in [0.15, 0.2) is 24.7 Å². The number of imidazole rings is 1. The number of nitrogens with zero attached hydrogens (tertiary/aromatic N) is 5. The van der Waals surface area contributed by atoms with Crippen LogP contribution in [0.4, 0.5) is 5.82 Å². The molecule has 0 radical (unpaired) electrons. The lowest BCUT2D eigenvalue weighted by molar-refractivity contribution is 0.0696. The zero-order valence-electron chi connectivity index (χ0n) is 15.1. The first-order chi connectivity index (χ1) is 12.5. The highest BCUT2D eigenvalue weighted by Gasteiger charge is 2.27. The van der Waals surface area contributed by atoms with E-state index >= 15 is 0 Å². The Labute approximate surface area is 158 Å². The van der Waals surface area contributed by atoms with Crippen LogP contribution in [0.2, 0.25) is 5.02 Å². The van der Waals surface area contributed by atoms with Crippen LogP contribution in [0.3, 0.4) is 0 Å². The van der Waals surface area contributed by atoms with Gasteiger partial charge in [-0.3, -0.25) is 0 Å². The van der Waals surface area contributed by atoms with Crippen molar-refractivity contribution in [1.29, 1.82) is 0 Å². The van der Waals surface area contributed by atoms with Crippen molar-refractivity contribution < 1.29 is 9.90 Å². The van der Waals surface area contributed by atoms with Crippen molar-refractivity contribution in [2.24, 2.45) is 0 Å². The molecule has 0 amide bonds. The number of hydrogen-bond donors (Lipinski definition) is 1. The monoisotopic (exact) mass is 377 g/mol. The van der Waals surface area contributed by atoms with Crippen LogP contribution in [0, 0.1) is 0 Å². The first kappa shape index (κ1) is 18.7. The summed E-state index contributed by atoms with van der Waals surface area (Å²) in [6.07, 6.45) is 7.34. The Morgan fingerprint density at radius 1 is 1.42 bits per heavy atom. The second-order valence-corrected chi connectivity index (χ2v) is 7.31. The molecule has 8 heteroatoms. The van der Waals surface area contributed by atoms with Crippen LogP contribution in [-0.2, 0) is 6.54 Å². The van der Waals surface area contributed by atoms with E-state index in [-0.39, 0.29) is 5.56 Å². The summed E-state index contributed by atoms with van der Waals surface area (Å²) in [5.74, 6) is 1.02. The van der Waals surface area contributed by atoms with Gasteiger partial charge in [0.2, 0.25) is 0 Å². The van der Waals surface area contributed by atoms with E-state index in [1.165, 1.54) is 12.3 Å². The van der Waals surface area contributed by atoms with E-state index < -0.39 is 5.97 Å². The predicted octanol–water partition coefficient (Wildman–Crippen LogP) is 2.58. The highest BCUT2D eigenvalue weighted by molar-refractivity contribution is 6.33. The van der Waals surface area contributed by atoms with Crippen LogP contribution in [0.1, 0.15) is 34.9 Å². The zero-order chi connectivity index (χ0) is 18.7. The van der Waals surface area contributed by atoms with Gasteiger partial charge in [-0.1, -0.05) is 11.6 Å². The lowest BCUT2D eigenvalue weighted by Gasteiger charge is -2.34. The maximum absolute atomic E-state index is 11.1. The summed E-state index contributed by atoms with van der Waals surface area (Å²) in [4.78, 5) is 24.3. The van der Waals surface area contributed by atoms with E-state index in [2.05, 4.69) is 38.4 Å². The zero-order valence-corrected chi connectivity index (χ0v) is 15.9. The molecule has 1 fully saturated rings. The highest BCUT2D eigenvalue weighted by atomic mass is 35.5. The summed E-state index contributed by atoms with van der Waals surface area (Å²) in [5, 5.41) is 9.45. The Balaban J connectivity index is 1.76. The number of carboxylic acid groups (broad SMARTS) is 1. The van der Waals surface area contributed by atoms with Gasteiger partial charge in [0.25, 0.3) is 0 Å². The molecule has 1 N–H and O–H groups in total. The molecule has 2 aromatic heterocycles. The van der Waals surface area contributed by atoms with Crippen molar-refractivity contribution in [2.45, 2.75) is 25.3 Å². The summed E-state index contributed by atoms with van der Waals surface area (Å²) in [5.41, 5.74) is 0.103. The minimum atomic E-state index is -1.02. The molecule has 0 saturated carbocycles. The second kappa shape index (κ2) is 8.05. The number of carbonyl (C=O) groups is 1. The summed E-state index contributed by atoms with van der Waals surface area (Å²) in [6.45, 7) is 3.50. The van der Waals surface area contributed by atoms with Gasteiger partial charge in [0, 0.05) is 50.7 Å². The van der Waals surface area contributed by atoms with E-state index in [9.17, 15) is 4.79 Å². The molecule has 3 heterocycles. The lowest BCUT2D eigenvalue weighted by Crippen LogP contribution is -2.36.